The lowest BCUT2D eigenvalue weighted by Crippen LogP contribution is -2.60. The molecule has 368 valence electrons. The summed E-state index contributed by atoms with van der Waals surface area (Å²) < 4.78 is 54.2. The van der Waals surface area contributed by atoms with Crippen LogP contribution < -0.4 is 0 Å². The summed E-state index contributed by atoms with van der Waals surface area (Å²) in [5.74, 6) is -1.99. The third kappa shape index (κ3) is 34.8. The Morgan fingerprint density at radius 3 is 1.44 bits per heavy atom. The van der Waals surface area contributed by atoms with E-state index in [1.807, 2.05) is 0 Å². The molecular formula is C50H90O12S. The summed E-state index contributed by atoms with van der Waals surface area (Å²) in [6.07, 6.45) is 37.5. The molecule has 1 aliphatic heterocycles. The molecule has 4 N–H and O–H groups in total. The molecule has 0 aromatic rings. The first-order valence-electron chi connectivity index (χ1n) is 25.0. The third-order valence-electron chi connectivity index (χ3n) is 11.5. The van der Waals surface area contributed by atoms with E-state index in [0.717, 1.165) is 70.6 Å². The van der Waals surface area contributed by atoms with Gasteiger partial charge < -0.3 is 34.3 Å². The van der Waals surface area contributed by atoms with Crippen LogP contribution in [0.1, 0.15) is 213 Å². The van der Waals surface area contributed by atoms with Gasteiger partial charge >= 0.3 is 11.9 Å². The summed E-state index contributed by atoms with van der Waals surface area (Å²) in [5, 5.41) is 30.9. The van der Waals surface area contributed by atoms with Crippen LogP contribution >= 0.6 is 0 Å². The maximum Gasteiger partial charge on any atom is 0.306 e. The zero-order chi connectivity index (χ0) is 46.2. The smallest absolute Gasteiger partial charge is 0.306 e. The zero-order valence-corrected chi connectivity index (χ0v) is 40.2. The van der Waals surface area contributed by atoms with E-state index in [1.54, 1.807) is 0 Å². The van der Waals surface area contributed by atoms with Crippen LogP contribution in [-0.2, 0) is 38.7 Å². The first-order chi connectivity index (χ1) is 30.5. The molecule has 63 heavy (non-hydrogen) atoms. The van der Waals surface area contributed by atoms with Crippen LogP contribution in [0.3, 0.4) is 0 Å². The lowest BCUT2D eigenvalue weighted by Gasteiger charge is -2.40. The highest BCUT2D eigenvalue weighted by Crippen LogP contribution is 2.24. The van der Waals surface area contributed by atoms with Gasteiger partial charge in [0, 0.05) is 12.8 Å². The molecule has 0 spiro atoms. The van der Waals surface area contributed by atoms with Gasteiger partial charge in [-0.25, -0.2) is 0 Å². The minimum Gasteiger partial charge on any atom is -0.462 e. The van der Waals surface area contributed by atoms with Crippen LogP contribution in [0.5, 0.6) is 0 Å². The number of ether oxygens (including phenoxy) is 4. The second-order valence-electron chi connectivity index (χ2n) is 17.5. The van der Waals surface area contributed by atoms with Gasteiger partial charge in [-0.15, -0.1) is 0 Å². The van der Waals surface area contributed by atoms with E-state index in [0.29, 0.717) is 12.8 Å². The molecule has 0 bridgehead atoms. The number of hydrogen-bond acceptors (Lipinski definition) is 11. The molecule has 0 saturated carbocycles. The van der Waals surface area contributed by atoms with Gasteiger partial charge in [-0.3, -0.25) is 14.1 Å². The molecule has 1 aliphatic rings. The van der Waals surface area contributed by atoms with Crippen LogP contribution in [0.25, 0.3) is 0 Å². The fourth-order valence-electron chi connectivity index (χ4n) is 7.57. The average Bonchev–Trinajstić information content (AvgIpc) is 3.25. The Bertz CT molecular complexity index is 1300. The Morgan fingerprint density at radius 1 is 0.540 bits per heavy atom. The van der Waals surface area contributed by atoms with Crippen LogP contribution in [0, 0.1) is 0 Å². The van der Waals surface area contributed by atoms with E-state index >= 15 is 0 Å². The molecule has 0 aromatic heterocycles. The highest BCUT2D eigenvalue weighted by molar-refractivity contribution is 7.85. The lowest BCUT2D eigenvalue weighted by molar-refractivity contribution is -0.297. The standard InChI is InChI=1S/C50H90O12S/c1-3-5-7-9-11-13-15-17-19-21-22-23-25-27-29-31-33-35-37-39-46(52)61-43(41-60-50-49(55)48(54)47(53)44(62-50)42-63(56,57)58)40-59-45(51)38-36-34-32-30-28-26-24-20-18-16-14-12-10-8-6-4-2/h11,13,17,19,22-23,43-44,47-50,53-55H,3-10,12,14-16,18,20-21,24-42H2,1-2H3,(H,56,57,58)/b13-11-,19-17-,23-22-. The Morgan fingerprint density at radius 2 is 0.952 bits per heavy atom. The molecule has 0 radical (unpaired) electrons. The summed E-state index contributed by atoms with van der Waals surface area (Å²) in [4.78, 5) is 25.5. The lowest BCUT2D eigenvalue weighted by atomic mass is 10.00. The summed E-state index contributed by atoms with van der Waals surface area (Å²) in [5.41, 5.74) is 0. The number of aliphatic hydroxyl groups is 3. The van der Waals surface area contributed by atoms with Crippen molar-refractivity contribution in [1.82, 2.24) is 0 Å². The van der Waals surface area contributed by atoms with E-state index in [4.69, 9.17) is 18.9 Å². The topological polar surface area (TPSA) is 186 Å². The van der Waals surface area contributed by atoms with Gasteiger partial charge in [0.25, 0.3) is 10.1 Å². The molecule has 6 unspecified atom stereocenters. The molecule has 0 aliphatic carbocycles. The molecule has 1 saturated heterocycles. The van der Waals surface area contributed by atoms with Crippen molar-refractivity contribution in [2.75, 3.05) is 19.0 Å². The van der Waals surface area contributed by atoms with E-state index in [1.165, 1.54) is 103 Å². The number of rotatable bonds is 42. The molecule has 6 atom stereocenters. The van der Waals surface area contributed by atoms with Gasteiger partial charge in [-0.2, -0.15) is 8.42 Å². The first-order valence-corrected chi connectivity index (χ1v) is 26.7. The van der Waals surface area contributed by atoms with Crippen LogP contribution in [0.2, 0.25) is 0 Å². The van der Waals surface area contributed by atoms with E-state index in [9.17, 15) is 37.9 Å². The van der Waals surface area contributed by atoms with Crippen molar-refractivity contribution >= 4 is 22.1 Å². The van der Waals surface area contributed by atoms with Crippen LogP contribution in [-0.4, -0.2) is 96.0 Å². The van der Waals surface area contributed by atoms with Crippen molar-refractivity contribution < 1.29 is 56.8 Å². The Balaban J connectivity index is 2.40. The van der Waals surface area contributed by atoms with E-state index in [-0.39, 0.29) is 19.4 Å². The number of aliphatic hydroxyl groups excluding tert-OH is 3. The molecule has 0 amide bonds. The predicted molar refractivity (Wildman–Crippen MR) is 252 cm³/mol. The SMILES string of the molecule is CCCCC/C=C\C/C=C\C/C=C\CCCCCCCCC(=O)OC(COC(=O)CCCCCCCCCCCCCCCCCC)COC1OC(CS(=O)(=O)O)C(O)C(O)C1O. The monoisotopic (exact) mass is 915 g/mol. The predicted octanol–water partition coefficient (Wildman–Crippen LogP) is 11.0. The van der Waals surface area contributed by atoms with Crippen molar-refractivity contribution in [3.05, 3.63) is 36.5 Å². The van der Waals surface area contributed by atoms with Crippen molar-refractivity contribution in [3.8, 4) is 0 Å². The largest absolute Gasteiger partial charge is 0.462 e. The molecule has 1 rings (SSSR count). The fourth-order valence-corrected chi connectivity index (χ4v) is 8.26. The quantitative estimate of drug-likeness (QED) is 0.0197. The van der Waals surface area contributed by atoms with Gasteiger partial charge in [0.05, 0.1) is 6.61 Å². The Labute approximate surface area is 382 Å². The fraction of sp³-hybridized carbons (Fsp3) is 0.840. The second kappa shape index (κ2) is 40.2. The minimum atomic E-state index is -4.61. The van der Waals surface area contributed by atoms with Crippen molar-refractivity contribution in [3.63, 3.8) is 0 Å². The van der Waals surface area contributed by atoms with Crippen LogP contribution in [0.15, 0.2) is 36.5 Å². The highest BCUT2D eigenvalue weighted by atomic mass is 32.2. The molecule has 0 aromatic carbocycles. The Hall–Kier alpha value is -2.13. The molecule has 1 heterocycles. The molecule has 13 heteroatoms. The number of hydrogen-bond donors (Lipinski definition) is 4. The van der Waals surface area contributed by atoms with Gasteiger partial charge in [-0.1, -0.05) is 185 Å². The van der Waals surface area contributed by atoms with Gasteiger partial charge in [0.15, 0.2) is 12.4 Å². The number of unbranched alkanes of at least 4 members (excludes halogenated alkanes) is 24. The molecular weight excluding hydrogens is 825 g/mol. The number of allylic oxidation sites excluding steroid dienone is 6. The van der Waals surface area contributed by atoms with Crippen molar-refractivity contribution in [2.24, 2.45) is 0 Å². The molecule has 12 nitrogen and oxygen atoms in total. The first kappa shape index (κ1) is 58.9. The van der Waals surface area contributed by atoms with Gasteiger partial charge in [0.2, 0.25) is 0 Å². The highest BCUT2D eigenvalue weighted by Gasteiger charge is 2.46. The van der Waals surface area contributed by atoms with E-state index in [2.05, 4.69) is 50.3 Å². The van der Waals surface area contributed by atoms with Crippen molar-refractivity contribution in [1.29, 1.82) is 0 Å². The van der Waals surface area contributed by atoms with Gasteiger partial charge in [-0.05, 0) is 51.4 Å². The number of carbonyl (C=O) groups is 2. The number of carbonyl (C=O) groups excluding carboxylic acids is 2. The number of esters is 2. The van der Waals surface area contributed by atoms with Crippen molar-refractivity contribution in [2.45, 2.75) is 250 Å². The maximum atomic E-state index is 12.9. The van der Waals surface area contributed by atoms with E-state index < -0.39 is 71.2 Å². The zero-order valence-electron chi connectivity index (χ0n) is 39.4. The summed E-state index contributed by atoms with van der Waals surface area (Å²) in [7, 11) is -4.61. The van der Waals surface area contributed by atoms with Crippen LogP contribution in [0.4, 0.5) is 0 Å². The maximum absolute atomic E-state index is 12.9. The molecule has 1 fully saturated rings. The average molecular weight is 915 g/mol. The summed E-state index contributed by atoms with van der Waals surface area (Å²) in [6.45, 7) is 3.75. The minimum absolute atomic E-state index is 0.151. The normalized spacial score (nSPS) is 20.0. The Kier molecular flexibility index (Phi) is 37.5. The summed E-state index contributed by atoms with van der Waals surface area (Å²) in [6, 6.07) is 0. The second-order valence-corrected chi connectivity index (χ2v) is 19.0. The summed E-state index contributed by atoms with van der Waals surface area (Å²) >= 11 is 0. The third-order valence-corrected chi connectivity index (χ3v) is 12.2. The van der Waals surface area contributed by atoms with Gasteiger partial charge in [0.1, 0.15) is 36.8 Å².